The summed E-state index contributed by atoms with van der Waals surface area (Å²) in [5.74, 6) is -0.0799. The summed E-state index contributed by atoms with van der Waals surface area (Å²) >= 11 is 0. The number of hydrogen-bond donors (Lipinski definition) is 1. The van der Waals surface area contributed by atoms with Gasteiger partial charge in [0.1, 0.15) is 5.71 Å². The van der Waals surface area contributed by atoms with E-state index in [9.17, 15) is 14.7 Å². The molecule has 1 fully saturated rings. The lowest BCUT2D eigenvalue weighted by Gasteiger charge is -2.40. The Kier molecular flexibility index (Phi) is 5.52. The summed E-state index contributed by atoms with van der Waals surface area (Å²) in [5, 5.41) is 15.1. The van der Waals surface area contributed by atoms with Crippen molar-refractivity contribution in [3.63, 3.8) is 0 Å². The highest BCUT2D eigenvalue weighted by molar-refractivity contribution is 6.39. The van der Waals surface area contributed by atoms with Crippen molar-refractivity contribution in [2.24, 2.45) is 5.10 Å². The van der Waals surface area contributed by atoms with Crippen LogP contribution in [0.3, 0.4) is 0 Å². The zero-order chi connectivity index (χ0) is 16.3. The number of rotatable bonds is 4. The summed E-state index contributed by atoms with van der Waals surface area (Å²) in [4.78, 5) is 28.2. The van der Waals surface area contributed by atoms with Crippen molar-refractivity contribution in [2.75, 3.05) is 32.7 Å². The largest absolute Gasteiger partial charge is 0.392 e. The second-order valence-electron chi connectivity index (χ2n) is 6.10. The Bertz CT molecular complexity index is 464. The highest BCUT2D eigenvalue weighted by Crippen LogP contribution is 2.15. The second kappa shape index (κ2) is 7.19. The number of aliphatic hydroxyl groups excluding tert-OH is 1. The first-order valence-corrected chi connectivity index (χ1v) is 8.01. The van der Waals surface area contributed by atoms with Crippen LogP contribution >= 0.6 is 0 Å². The number of hydrogen-bond acceptors (Lipinski definition) is 5. The molecule has 0 aromatic rings. The monoisotopic (exact) mass is 310 g/mol. The Balaban J connectivity index is 1.98. The Hall–Kier alpha value is -1.47. The molecular formula is C15H26N4O3. The summed E-state index contributed by atoms with van der Waals surface area (Å²) in [6.07, 6.45) is 0.420. The molecule has 1 N–H and O–H groups in total. The molecule has 0 spiro atoms. The number of carbonyl (C=O) groups is 2. The molecule has 2 amide bonds. The molecule has 0 aliphatic carbocycles. The van der Waals surface area contributed by atoms with Gasteiger partial charge in [-0.25, -0.2) is 5.01 Å². The average molecular weight is 310 g/mol. The topological polar surface area (TPSA) is 76.5 Å². The summed E-state index contributed by atoms with van der Waals surface area (Å²) in [5.41, 5.74) is 0.484. The number of piperazine rings is 1. The van der Waals surface area contributed by atoms with Crippen molar-refractivity contribution in [2.45, 2.75) is 45.8 Å². The lowest BCUT2D eigenvalue weighted by Crippen LogP contribution is -2.56. The number of amides is 2. The predicted molar refractivity (Wildman–Crippen MR) is 83.4 cm³/mol. The molecule has 7 nitrogen and oxygen atoms in total. The van der Waals surface area contributed by atoms with Gasteiger partial charge in [0.15, 0.2) is 0 Å². The zero-order valence-electron chi connectivity index (χ0n) is 13.7. The van der Waals surface area contributed by atoms with E-state index in [4.69, 9.17) is 0 Å². The Morgan fingerprint density at radius 2 is 2.14 bits per heavy atom. The maximum atomic E-state index is 12.6. The van der Waals surface area contributed by atoms with Crippen LogP contribution in [0, 0.1) is 0 Å². The van der Waals surface area contributed by atoms with Crippen molar-refractivity contribution in [1.29, 1.82) is 0 Å². The molecule has 0 bridgehead atoms. The van der Waals surface area contributed by atoms with E-state index in [1.807, 2.05) is 11.8 Å². The third-order valence-corrected chi connectivity index (χ3v) is 4.20. The molecule has 0 radical (unpaired) electrons. The third kappa shape index (κ3) is 3.84. The van der Waals surface area contributed by atoms with E-state index in [1.54, 1.807) is 6.92 Å². The van der Waals surface area contributed by atoms with E-state index >= 15 is 0 Å². The fourth-order valence-electron chi connectivity index (χ4n) is 2.98. The van der Waals surface area contributed by atoms with Crippen molar-refractivity contribution in [3.8, 4) is 0 Å². The maximum Gasteiger partial charge on any atom is 0.270 e. The molecular weight excluding hydrogens is 284 g/mol. The Morgan fingerprint density at radius 1 is 1.41 bits per heavy atom. The van der Waals surface area contributed by atoms with Gasteiger partial charge in [-0.2, -0.15) is 5.10 Å². The fraction of sp³-hybridized carbons (Fsp3) is 0.800. The van der Waals surface area contributed by atoms with Crippen LogP contribution in [0.15, 0.2) is 5.10 Å². The summed E-state index contributed by atoms with van der Waals surface area (Å²) < 4.78 is 0. The predicted octanol–water partition coefficient (Wildman–Crippen LogP) is -0.102. The molecule has 7 heteroatoms. The average Bonchev–Trinajstić information content (AvgIpc) is 2.48. The van der Waals surface area contributed by atoms with E-state index in [-0.39, 0.29) is 24.0 Å². The Labute approximate surface area is 131 Å². The van der Waals surface area contributed by atoms with E-state index in [0.717, 1.165) is 6.54 Å². The lowest BCUT2D eigenvalue weighted by molar-refractivity contribution is -0.132. The number of carbonyl (C=O) groups excluding carboxylic acids is 2. The molecule has 2 aliphatic rings. The molecule has 22 heavy (non-hydrogen) atoms. The number of β-amino-alcohol motifs (C(OH)–C–C–N with tert-alkyl or cyclic N) is 1. The highest BCUT2D eigenvalue weighted by Gasteiger charge is 2.31. The van der Waals surface area contributed by atoms with Gasteiger partial charge in [-0.15, -0.1) is 0 Å². The molecule has 124 valence electrons. The lowest BCUT2D eigenvalue weighted by atomic mass is 10.1. The molecule has 2 aliphatic heterocycles. The van der Waals surface area contributed by atoms with Gasteiger partial charge in [0.25, 0.3) is 5.91 Å². The smallest absolute Gasteiger partial charge is 0.270 e. The van der Waals surface area contributed by atoms with Gasteiger partial charge < -0.3 is 10.0 Å². The third-order valence-electron chi connectivity index (χ3n) is 4.20. The molecule has 2 heterocycles. The minimum atomic E-state index is -0.364. The van der Waals surface area contributed by atoms with Crippen molar-refractivity contribution < 1.29 is 14.7 Å². The minimum absolute atomic E-state index is 0.0193. The first kappa shape index (κ1) is 16.9. The molecule has 1 saturated heterocycles. The van der Waals surface area contributed by atoms with E-state index in [1.165, 1.54) is 5.01 Å². The number of nitrogens with zero attached hydrogens (tertiary/aromatic N) is 4. The zero-order valence-corrected chi connectivity index (χ0v) is 13.7. The highest BCUT2D eigenvalue weighted by atomic mass is 16.3. The number of hydrazone groups is 1. The summed E-state index contributed by atoms with van der Waals surface area (Å²) in [6, 6.07) is 0.209. The second-order valence-corrected chi connectivity index (χ2v) is 6.10. The maximum absolute atomic E-state index is 12.6. The van der Waals surface area contributed by atoms with Crippen LogP contribution in [-0.4, -0.2) is 82.3 Å². The van der Waals surface area contributed by atoms with Crippen molar-refractivity contribution >= 4 is 17.5 Å². The Morgan fingerprint density at radius 3 is 2.73 bits per heavy atom. The van der Waals surface area contributed by atoms with Gasteiger partial charge in [0, 0.05) is 51.6 Å². The standard InChI is InChI=1S/C15H26N4O3/c1-4-19-14(21)6-5-13(16-19)15(22)18-8-7-17(10-12(3)20)11(2)9-18/h11-12,20H,4-10H2,1-3H3/t11-,12-/m0/s1. The van der Waals surface area contributed by atoms with Gasteiger partial charge in [0.05, 0.1) is 6.10 Å². The van der Waals surface area contributed by atoms with Crippen LogP contribution in [0.1, 0.15) is 33.6 Å². The summed E-state index contributed by atoms with van der Waals surface area (Å²) in [6.45, 7) is 8.83. The van der Waals surface area contributed by atoms with E-state index < -0.39 is 0 Å². The van der Waals surface area contributed by atoms with E-state index in [2.05, 4.69) is 16.9 Å². The van der Waals surface area contributed by atoms with Crippen molar-refractivity contribution in [3.05, 3.63) is 0 Å². The SMILES string of the molecule is CCN1N=C(C(=O)N2CCN(C[C@H](C)O)[C@@H](C)C2)CCC1=O. The molecule has 0 saturated carbocycles. The minimum Gasteiger partial charge on any atom is -0.392 e. The fourth-order valence-corrected chi connectivity index (χ4v) is 2.98. The van der Waals surface area contributed by atoms with Gasteiger partial charge in [-0.1, -0.05) is 0 Å². The van der Waals surface area contributed by atoms with Gasteiger partial charge in [0.2, 0.25) is 5.91 Å². The summed E-state index contributed by atoms with van der Waals surface area (Å²) in [7, 11) is 0. The first-order chi connectivity index (χ1) is 10.4. The van der Waals surface area contributed by atoms with Gasteiger partial charge >= 0.3 is 0 Å². The van der Waals surface area contributed by atoms with Crippen LogP contribution in [0.2, 0.25) is 0 Å². The van der Waals surface area contributed by atoms with Crippen LogP contribution < -0.4 is 0 Å². The molecule has 0 aromatic carbocycles. The normalized spacial score (nSPS) is 25.2. The number of aliphatic hydroxyl groups is 1. The van der Waals surface area contributed by atoms with E-state index in [0.29, 0.717) is 44.7 Å². The van der Waals surface area contributed by atoms with Gasteiger partial charge in [-0.05, 0) is 20.8 Å². The van der Waals surface area contributed by atoms with Crippen molar-refractivity contribution in [1.82, 2.24) is 14.8 Å². The molecule has 2 rings (SSSR count). The van der Waals surface area contributed by atoms with Crippen LogP contribution in [0.25, 0.3) is 0 Å². The van der Waals surface area contributed by atoms with Crippen LogP contribution in [0.4, 0.5) is 0 Å². The molecule has 0 aromatic heterocycles. The quantitative estimate of drug-likeness (QED) is 0.786. The molecule has 2 atom stereocenters. The van der Waals surface area contributed by atoms with Gasteiger partial charge in [-0.3, -0.25) is 14.5 Å². The first-order valence-electron chi connectivity index (χ1n) is 8.01. The molecule has 0 unspecified atom stereocenters. The van der Waals surface area contributed by atoms with Crippen LogP contribution in [0.5, 0.6) is 0 Å². The van der Waals surface area contributed by atoms with Crippen LogP contribution in [-0.2, 0) is 9.59 Å².